The third-order valence-corrected chi connectivity index (χ3v) is 5.70. The summed E-state index contributed by atoms with van der Waals surface area (Å²) in [7, 11) is -3.64. The lowest BCUT2D eigenvalue weighted by molar-refractivity contribution is 0.589. The van der Waals surface area contributed by atoms with Crippen LogP contribution in [-0.4, -0.2) is 12.4 Å². The fraction of sp³-hybridized carbons (Fsp3) is 0. The van der Waals surface area contributed by atoms with Crippen molar-refractivity contribution in [2.45, 2.75) is 4.90 Å². The van der Waals surface area contributed by atoms with Crippen LogP contribution in [0.3, 0.4) is 0 Å². The van der Waals surface area contributed by atoms with Gasteiger partial charge in [0.25, 0.3) is 10.0 Å². The van der Waals surface area contributed by atoms with Gasteiger partial charge in [-0.1, -0.05) is 18.2 Å². The highest BCUT2D eigenvalue weighted by Gasteiger charge is 2.20. The molecule has 4 nitrogen and oxygen atoms in total. The topological polar surface area (TPSA) is 62.9 Å². The number of rotatable bonds is 2. The molecule has 0 amide bonds. The van der Waals surface area contributed by atoms with E-state index in [0.29, 0.717) is 11.1 Å². The van der Waals surface area contributed by atoms with Crippen LogP contribution < -0.4 is 0 Å². The van der Waals surface area contributed by atoms with Gasteiger partial charge in [0.1, 0.15) is 0 Å². The lowest BCUT2D eigenvalue weighted by atomic mass is 10.2. The van der Waals surface area contributed by atoms with E-state index in [9.17, 15) is 8.42 Å². The molecule has 3 rings (SSSR count). The van der Waals surface area contributed by atoms with Crippen LogP contribution in [0.4, 0.5) is 0 Å². The van der Waals surface area contributed by atoms with Crippen LogP contribution in [0.25, 0.3) is 10.9 Å². The molecule has 0 saturated carbocycles. The molecule has 0 atom stereocenters. The first-order chi connectivity index (χ1) is 10.0. The smallest absolute Gasteiger partial charge is 0.240 e. The zero-order chi connectivity index (χ0) is 15.0. The lowest BCUT2D eigenvalue weighted by Crippen LogP contribution is -2.11. The molecule has 0 aliphatic rings. The Morgan fingerprint density at radius 1 is 1.10 bits per heavy atom. The second-order valence-corrected chi connectivity index (χ2v) is 7.41. The maximum Gasteiger partial charge on any atom is 0.268 e. The summed E-state index contributed by atoms with van der Waals surface area (Å²) in [5.41, 5.74) is 1.08. The largest absolute Gasteiger partial charge is 0.268 e. The Hall–Kier alpha value is -1.85. The van der Waals surface area contributed by atoms with Crippen molar-refractivity contribution in [2.75, 3.05) is 0 Å². The molecule has 21 heavy (non-hydrogen) atoms. The highest BCUT2D eigenvalue weighted by Crippen LogP contribution is 2.27. The normalized spacial score (nSPS) is 11.4. The fourth-order valence-corrected chi connectivity index (χ4v) is 4.43. The summed E-state index contributed by atoms with van der Waals surface area (Å²) in [5.74, 6) is 0. The van der Waals surface area contributed by atoms with Crippen LogP contribution in [0, 0.1) is 14.9 Å². The van der Waals surface area contributed by atoms with Crippen molar-refractivity contribution in [3.63, 3.8) is 0 Å². The van der Waals surface area contributed by atoms with Gasteiger partial charge in [0, 0.05) is 15.2 Å². The molecule has 0 spiro atoms. The van der Waals surface area contributed by atoms with Crippen LogP contribution >= 0.6 is 22.6 Å². The van der Waals surface area contributed by atoms with Crippen molar-refractivity contribution in [1.29, 1.82) is 5.26 Å². The van der Waals surface area contributed by atoms with Crippen molar-refractivity contribution in [3.05, 3.63) is 63.9 Å². The van der Waals surface area contributed by atoms with Gasteiger partial charge in [-0.25, -0.2) is 12.4 Å². The molecule has 0 radical (unpaired) electrons. The number of benzene rings is 2. The molecule has 0 saturated heterocycles. The summed E-state index contributed by atoms with van der Waals surface area (Å²) in [6.07, 6.45) is 1.58. The van der Waals surface area contributed by atoms with E-state index in [-0.39, 0.29) is 4.90 Å². The SMILES string of the molecule is N#Cc1ccc2c(c1)c(I)cn2S(=O)(=O)c1ccccc1. The molecule has 2 aromatic carbocycles. The van der Waals surface area contributed by atoms with Gasteiger partial charge in [-0.2, -0.15) is 5.26 Å². The zero-order valence-corrected chi connectivity index (χ0v) is 13.7. The van der Waals surface area contributed by atoms with Crippen molar-refractivity contribution in [3.8, 4) is 6.07 Å². The number of hydrogen-bond acceptors (Lipinski definition) is 3. The summed E-state index contributed by atoms with van der Waals surface area (Å²) >= 11 is 2.08. The number of halogens is 1. The molecule has 1 aromatic heterocycles. The minimum Gasteiger partial charge on any atom is -0.240 e. The number of fused-ring (bicyclic) bond motifs is 1. The summed E-state index contributed by atoms with van der Waals surface area (Å²) in [6, 6.07) is 15.3. The van der Waals surface area contributed by atoms with E-state index in [4.69, 9.17) is 5.26 Å². The standard InChI is InChI=1S/C15H9IN2O2S/c16-14-10-18(15-7-6-11(9-17)8-13(14)15)21(19,20)12-4-2-1-3-5-12/h1-8,10H. The molecule has 0 bridgehead atoms. The first-order valence-corrected chi connectivity index (χ1v) is 8.57. The predicted molar refractivity (Wildman–Crippen MR) is 88.4 cm³/mol. The van der Waals surface area contributed by atoms with Gasteiger partial charge in [0.05, 0.1) is 22.0 Å². The molecular formula is C15H9IN2O2S. The van der Waals surface area contributed by atoms with Crippen molar-refractivity contribution in [1.82, 2.24) is 3.97 Å². The average molecular weight is 408 g/mol. The molecule has 0 aliphatic carbocycles. The minimum atomic E-state index is -3.64. The highest BCUT2D eigenvalue weighted by molar-refractivity contribution is 14.1. The maximum atomic E-state index is 12.7. The van der Waals surface area contributed by atoms with Gasteiger partial charge >= 0.3 is 0 Å². The van der Waals surface area contributed by atoms with Crippen molar-refractivity contribution < 1.29 is 8.42 Å². The first-order valence-electron chi connectivity index (χ1n) is 6.05. The molecule has 0 N–H and O–H groups in total. The van der Waals surface area contributed by atoms with Gasteiger partial charge < -0.3 is 0 Å². The van der Waals surface area contributed by atoms with E-state index in [0.717, 1.165) is 8.96 Å². The quantitative estimate of drug-likeness (QED) is 0.611. The third kappa shape index (κ3) is 2.32. The van der Waals surface area contributed by atoms with E-state index in [1.54, 1.807) is 54.7 Å². The number of hydrogen-bond donors (Lipinski definition) is 0. The van der Waals surface area contributed by atoms with E-state index >= 15 is 0 Å². The second kappa shape index (κ2) is 5.16. The molecule has 6 heteroatoms. The summed E-state index contributed by atoms with van der Waals surface area (Å²) in [5, 5.41) is 9.71. The Bertz CT molecular complexity index is 970. The van der Waals surface area contributed by atoms with Crippen LogP contribution in [0.2, 0.25) is 0 Å². The fourth-order valence-electron chi connectivity index (χ4n) is 2.14. The van der Waals surface area contributed by atoms with E-state index in [1.165, 1.54) is 3.97 Å². The second-order valence-electron chi connectivity index (χ2n) is 4.43. The van der Waals surface area contributed by atoms with Crippen LogP contribution in [0.1, 0.15) is 5.56 Å². The Morgan fingerprint density at radius 3 is 2.48 bits per heavy atom. The van der Waals surface area contributed by atoms with E-state index < -0.39 is 10.0 Å². The summed E-state index contributed by atoms with van der Waals surface area (Å²) in [4.78, 5) is 0.239. The van der Waals surface area contributed by atoms with Gasteiger partial charge in [-0.05, 0) is 52.9 Å². The Balaban J connectivity index is 2.30. The minimum absolute atomic E-state index is 0.239. The third-order valence-electron chi connectivity index (χ3n) is 3.15. The number of nitriles is 1. The monoisotopic (exact) mass is 408 g/mol. The molecule has 0 aliphatic heterocycles. The Morgan fingerprint density at radius 2 is 1.81 bits per heavy atom. The van der Waals surface area contributed by atoms with Crippen molar-refractivity contribution in [2.24, 2.45) is 0 Å². The van der Waals surface area contributed by atoms with Gasteiger partial charge in [-0.3, -0.25) is 0 Å². The zero-order valence-electron chi connectivity index (χ0n) is 10.7. The molecule has 0 unspecified atom stereocenters. The molecule has 1 heterocycles. The summed E-state index contributed by atoms with van der Waals surface area (Å²) < 4.78 is 27.5. The number of aromatic nitrogens is 1. The van der Waals surface area contributed by atoms with E-state index in [2.05, 4.69) is 28.7 Å². The average Bonchev–Trinajstić information content (AvgIpc) is 2.85. The molecular weight excluding hydrogens is 399 g/mol. The lowest BCUT2D eigenvalue weighted by Gasteiger charge is -2.07. The van der Waals surface area contributed by atoms with Crippen LogP contribution in [0.15, 0.2) is 59.6 Å². The Kier molecular flexibility index (Phi) is 3.47. The summed E-state index contributed by atoms with van der Waals surface area (Å²) in [6.45, 7) is 0. The van der Waals surface area contributed by atoms with Gasteiger partial charge in [0.15, 0.2) is 0 Å². The molecule has 104 valence electrons. The molecule has 3 aromatic rings. The maximum absolute atomic E-state index is 12.7. The highest BCUT2D eigenvalue weighted by atomic mass is 127. The van der Waals surface area contributed by atoms with Crippen molar-refractivity contribution >= 4 is 43.5 Å². The van der Waals surface area contributed by atoms with E-state index in [1.807, 2.05) is 0 Å². The first kappa shape index (κ1) is 14.1. The predicted octanol–water partition coefficient (Wildman–Crippen LogP) is 3.35. The van der Waals surface area contributed by atoms with Crippen LogP contribution in [-0.2, 0) is 10.0 Å². The Labute approximate surface area is 135 Å². The van der Waals surface area contributed by atoms with Gasteiger partial charge in [0.2, 0.25) is 0 Å². The van der Waals surface area contributed by atoms with Gasteiger partial charge in [-0.15, -0.1) is 0 Å². The number of nitrogens with zero attached hydrogens (tertiary/aromatic N) is 2. The molecule has 0 fully saturated rings. The van der Waals surface area contributed by atoms with Crippen LogP contribution in [0.5, 0.6) is 0 Å².